The summed E-state index contributed by atoms with van der Waals surface area (Å²) in [6.45, 7) is 4.60. The highest BCUT2D eigenvalue weighted by Crippen LogP contribution is 2.36. The molecule has 4 aromatic rings. The van der Waals surface area contributed by atoms with E-state index in [1.165, 1.54) is 11.1 Å². The molecule has 0 atom stereocenters. The normalized spacial score (nSPS) is 13.9. The Labute approximate surface area is 192 Å². The molecule has 5 nitrogen and oxygen atoms in total. The van der Waals surface area contributed by atoms with Crippen molar-refractivity contribution >= 4 is 22.8 Å². The number of benzene rings is 3. The van der Waals surface area contributed by atoms with Crippen molar-refractivity contribution in [2.24, 2.45) is 7.05 Å². The average molecular weight is 440 g/mol. The molecular formula is C28H25NO4. The van der Waals surface area contributed by atoms with Crippen LogP contribution in [0.4, 0.5) is 0 Å². The molecule has 2 heterocycles. The van der Waals surface area contributed by atoms with E-state index in [-0.39, 0.29) is 5.78 Å². The van der Waals surface area contributed by atoms with Crippen LogP contribution >= 0.6 is 0 Å². The summed E-state index contributed by atoms with van der Waals surface area (Å²) in [6.07, 6.45) is 3.77. The van der Waals surface area contributed by atoms with Gasteiger partial charge in [-0.15, -0.1) is 0 Å². The quantitative estimate of drug-likeness (QED) is 0.358. The maximum absolute atomic E-state index is 13.0. The highest BCUT2D eigenvalue weighted by atomic mass is 16.5. The minimum Gasteiger partial charge on any atom is -0.497 e. The van der Waals surface area contributed by atoms with Gasteiger partial charge in [0.15, 0.2) is 5.76 Å². The van der Waals surface area contributed by atoms with E-state index in [1.807, 2.05) is 42.1 Å². The van der Waals surface area contributed by atoms with E-state index in [2.05, 4.69) is 32.0 Å². The lowest BCUT2D eigenvalue weighted by Crippen LogP contribution is -1.99. The van der Waals surface area contributed by atoms with Gasteiger partial charge in [0.1, 0.15) is 23.9 Å². The summed E-state index contributed by atoms with van der Waals surface area (Å²) >= 11 is 0. The second-order valence-corrected chi connectivity index (χ2v) is 8.39. The third-order valence-corrected chi connectivity index (χ3v) is 6.05. The number of rotatable bonds is 5. The van der Waals surface area contributed by atoms with Gasteiger partial charge in [-0.05, 0) is 61.4 Å². The van der Waals surface area contributed by atoms with Crippen molar-refractivity contribution in [3.63, 3.8) is 0 Å². The molecule has 1 aliphatic heterocycles. The number of ether oxygens (including phenoxy) is 3. The summed E-state index contributed by atoms with van der Waals surface area (Å²) in [5.74, 6) is 2.11. The van der Waals surface area contributed by atoms with E-state index in [4.69, 9.17) is 14.2 Å². The van der Waals surface area contributed by atoms with Crippen molar-refractivity contribution in [1.29, 1.82) is 0 Å². The SMILES string of the molecule is COc1ccc2c(c1)c(/C=C1/Oc3cc(OCc4cc(C)ccc4C)ccc3C1=O)cn2C. The lowest BCUT2D eigenvalue weighted by Gasteiger charge is -2.10. The number of ketones is 1. The number of aryl methyl sites for hydroxylation is 3. The predicted molar refractivity (Wildman–Crippen MR) is 129 cm³/mol. The molecule has 5 heteroatoms. The Bertz CT molecular complexity index is 1430. The van der Waals surface area contributed by atoms with Crippen molar-refractivity contribution in [3.05, 3.63) is 94.4 Å². The Morgan fingerprint density at radius 1 is 1.00 bits per heavy atom. The van der Waals surface area contributed by atoms with E-state index in [1.54, 1.807) is 25.3 Å². The van der Waals surface area contributed by atoms with E-state index in [0.29, 0.717) is 29.4 Å². The molecule has 166 valence electrons. The highest BCUT2D eigenvalue weighted by molar-refractivity contribution is 6.15. The second kappa shape index (κ2) is 8.17. The van der Waals surface area contributed by atoms with Crippen LogP contribution in [0.25, 0.3) is 17.0 Å². The number of aromatic nitrogens is 1. The van der Waals surface area contributed by atoms with Gasteiger partial charge in [0, 0.05) is 35.8 Å². The zero-order chi connectivity index (χ0) is 23.1. The molecule has 0 aliphatic carbocycles. The molecular weight excluding hydrogens is 414 g/mol. The monoisotopic (exact) mass is 439 g/mol. The van der Waals surface area contributed by atoms with Crippen molar-refractivity contribution in [3.8, 4) is 17.2 Å². The minimum atomic E-state index is -0.133. The van der Waals surface area contributed by atoms with Gasteiger partial charge in [0.2, 0.25) is 5.78 Å². The standard InChI is InChI=1S/C28H25NO4/c1-17-5-6-18(2)20(11-17)16-32-22-7-9-23-26(14-22)33-27(28(23)30)12-19-15-29(3)25-10-8-21(31-4)13-24(19)25/h5-15H,16H2,1-4H3/b27-12+. The van der Waals surface area contributed by atoms with Crippen LogP contribution in [0, 0.1) is 13.8 Å². The smallest absolute Gasteiger partial charge is 0.231 e. The Balaban J connectivity index is 1.41. The summed E-state index contributed by atoms with van der Waals surface area (Å²) in [6, 6.07) is 17.6. The summed E-state index contributed by atoms with van der Waals surface area (Å²) in [5, 5.41) is 0.995. The van der Waals surface area contributed by atoms with Gasteiger partial charge in [-0.1, -0.05) is 23.8 Å². The summed E-state index contributed by atoms with van der Waals surface area (Å²) in [4.78, 5) is 13.0. The largest absolute Gasteiger partial charge is 0.497 e. The van der Waals surface area contributed by atoms with Crippen LogP contribution in [-0.2, 0) is 13.7 Å². The average Bonchev–Trinajstić information content (AvgIpc) is 3.30. The summed E-state index contributed by atoms with van der Waals surface area (Å²) < 4.78 is 19.4. The van der Waals surface area contributed by atoms with Crippen LogP contribution in [0.2, 0.25) is 0 Å². The second-order valence-electron chi connectivity index (χ2n) is 8.39. The molecule has 0 radical (unpaired) electrons. The van der Waals surface area contributed by atoms with Gasteiger partial charge in [-0.25, -0.2) is 0 Å². The van der Waals surface area contributed by atoms with Crippen LogP contribution in [0.1, 0.15) is 32.6 Å². The molecule has 1 aromatic heterocycles. The fourth-order valence-corrected chi connectivity index (χ4v) is 4.16. The third kappa shape index (κ3) is 3.87. The van der Waals surface area contributed by atoms with Crippen LogP contribution < -0.4 is 14.2 Å². The minimum absolute atomic E-state index is 0.133. The number of Topliss-reactive ketones (excluding diaryl/α,β-unsaturated/α-hetero) is 1. The molecule has 33 heavy (non-hydrogen) atoms. The molecule has 0 spiro atoms. The molecule has 0 fully saturated rings. The number of carbonyl (C=O) groups excluding carboxylic acids is 1. The number of fused-ring (bicyclic) bond motifs is 2. The van der Waals surface area contributed by atoms with Gasteiger partial charge >= 0.3 is 0 Å². The summed E-state index contributed by atoms with van der Waals surface area (Å²) in [7, 11) is 3.62. The van der Waals surface area contributed by atoms with E-state index >= 15 is 0 Å². The van der Waals surface area contributed by atoms with Gasteiger partial charge in [0.05, 0.1) is 12.7 Å². The molecule has 0 amide bonds. The predicted octanol–water partition coefficient (Wildman–Crippen LogP) is 6.00. The van der Waals surface area contributed by atoms with Crippen molar-refractivity contribution in [2.45, 2.75) is 20.5 Å². The fourth-order valence-electron chi connectivity index (χ4n) is 4.16. The fraction of sp³-hybridized carbons (Fsp3) is 0.179. The molecule has 1 aliphatic rings. The molecule has 0 bridgehead atoms. The molecule has 0 N–H and O–H groups in total. The molecule has 0 saturated heterocycles. The first kappa shape index (κ1) is 20.9. The first-order valence-electron chi connectivity index (χ1n) is 10.8. The Morgan fingerprint density at radius 2 is 1.82 bits per heavy atom. The van der Waals surface area contributed by atoms with E-state index < -0.39 is 0 Å². The van der Waals surface area contributed by atoms with E-state index in [0.717, 1.165) is 27.8 Å². The maximum Gasteiger partial charge on any atom is 0.231 e. The Morgan fingerprint density at radius 3 is 2.64 bits per heavy atom. The first-order chi connectivity index (χ1) is 15.9. The first-order valence-corrected chi connectivity index (χ1v) is 10.8. The van der Waals surface area contributed by atoms with Crippen LogP contribution in [0.5, 0.6) is 17.2 Å². The van der Waals surface area contributed by atoms with Crippen LogP contribution in [0.3, 0.4) is 0 Å². The topological polar surface area (TPSA) is 49.7 Å². The number of methoxy groups -OCH3 is 1. The number of carbonyl (C=O) groups is 1. The van der Waals surface area contributed by atoms with Crippen molar-refractivity contribution < 1.29 is 19.0 Å². The van der Waals surface area contributed by atoms with Crippen LogP contribution in [-0.4, -0.2) is 17.5 Å². The number of hydrogen-bond donors (Lipinski definition) is 0. The Kier molecular flexibility index (Phi) is 5.17. The molecule has 3 aromatic carbocycles. The van der Waals surface area contributed by atoms with Gasteiger partial charge < -0.3 is 18.8 Å². The Hall–Kier alpha value is -3.99. The maximum atomic E-state index is 13.0. The third-order valence-electron chi connectivity index (χ3n) is 6.05. The summed E-state index contributed by atoms with van der Waals surface area (Å²) in [5.41, 5.74) is 6.01. The number of hydrogen-bond acceptors (Lipinski definition) is 4. The van der Waals surface area contributed by atoms with Crippen LogP contribution in [0.15, 0.2) is 66.6 Å². The molecule has 5 rings (SSSR count). The van der Waals surface area contributed by atoms with Gasteiger partial charge in [0.25, 0.3) is 0 Å². The van der Waals surface area contributed by atoms with Crippen molar-refractivity contribution in [2.75, 3.05) is 7.11 Å². The lowest BCUT2D eigenvalue weighted by molar-refractivity contribution is 0.101. The van der Waals surface area contributed by atoms with Gasteiger partial charge in [-0.3, -0.25) is 4.79 Å². The van der Waals surface area contributed by atoms with Gasteiger partial charge in [-0.2, -0.15) is 0 Å². The zero-order valence-corrected chi connectivity index (χ0v) is 19.1. The zero-order valence-electron chi connectivity index (χ0n) is 19.1. The molecule has 0 saturated carbocycles. The van der Waals surface area contributed by atoms with E-state index in [9.17, 15) is 4.79 Å². The number of nitrogens with zero attached hydrogens (tertiary/aromatic N) is 1. The highest BCUT2D eigenvalue weighted by Gasteiger charge is 2.28. The lowest BCUT2D eigenvalue weighted by atomic mass is 10.1. The van der Waals surface area contributed by atoms with Crippen molar-refractivity contribution in [1.82, 2.24) is 4.57 Å². The number of allylic oxidation sites excluding steroid dienone is 1. The molecule has 0 unspecified atom stereocenters.